The highest BCUT2D eigenvalue weighted by molar-refractivity contribution is 14.1. The summed E-state index contributed by atoms with van der Waals surface area (Å²) in [7, 11) is 0. The number of fused-ring (bicyclic) bond motifs is 1. The van der Waals surface area contributed by atoms with Gasteiger partial charge in [0, 0.05) is 16.0 Å². The molecule has 0 aliphatic carbocycles. The molecule has 3 heteroatoms. The van der Waals surface area contributed by atoms with Crippen LogP contribution in [0.5, 0.6) is 0 Å². The number of halogens is 1. The lowest BCUT2D eigenvalue weighted by atomic mass is 10.2. The summed E-state index contributed by atoms with van der Waals surface area (Å²) in [6, 6.07) is 4.09. The molecule has 0 atom stereocenters. The Morgan fingerprint density at radius 3 is 3.09 bits per heavy atom. The Kier molecular flexibility index (Phi) is 1.60. The van der Waals surface area contributed by atoms with Crippen molar-refractivity contribution in [2.24, 2.45) is 0 Å². The number of aryl methyl sites for hydroxylation is 1. The quantitative estimate of drug-likeness (QED) is 0.662. The topological polar surface area (TPSA) is 17.3 Å². The van der Waals surface area contributed by atoms with Crippen LogP contribution in [0.15, 0.2) is 24.5 Å². The Labute approximate surface area is 78.4 Å². The van der Waals surface area contributed by atoms with Gasteiger partial charge in [-0.15, -0.1) is 0 Å². The van der Waals surface area contributed by atoms with E-state index in [9.17, 15) is 0 Å². The molecule has 0 unspecified atom stereocenters. The Balaban J connectivity index is 2.93. The molecule has 0 N–H and O–H groups in total. The molecule has 0 saturated heterocycles. The smallest absolute Gasteiger partial charge is 0.0701 e. The zero-order chi connectivity index (χ0) is 7.84. The minimum absolute atomic E-state index is 1.19. The van der Waals surface area contributed by atoms with Crippen LogP contribution in [0.25, 0.3) is 5.52 Å². The van der Waals surface area contributed by atoms with Crippen molar-refractivity contribution in [3.63, 3.8) is 0 Å². The van der Waals surface area contributed by atoms with E-state index in [1.54, 1.807) is 0 Å². The van der Waals surface area contributed by atoms with Crippen LogP contribution in [0, 0.1) is 10.5 Å². The second kappa shape index (κ2) is 2.48. The van der Waals surface area contributed by atoms with Gasteiger partial charge in [0.15, 0.2) is 0 Å². The molecule has 56 valence electrons. The number of pyridine rings is 1. The van der Waals surface area contributed by atoms with Crippen LogP contribution in [0.3, 0.4) is 0 Å². The summed E-state index contributed by atoms with van der Waals surface area (Å²) in [5, 5.41) is 4.13. The maximum atomic E-state index is 4.13. The van der Waals surface area contributed by atoms with Crippen LogP contribution < -0.4 is 0 Å². The first-order valence-corrected chi connectivity index (χ1v) is 4.45. The molecule has 0 bridgehead atoms. The van der Waals surface area contributed by atoms with Gasteiger partial charge in [0.2, 0.25) is 0 Å². The fraction of sp³-hybridized carbons (Fsp3) is 0.125. The maximum absolute atomic E-state index is 4.13. The monoisotopic (exact) mass is 258 g/mol. The number of nitrogens with zero attached hydrogens (tertiary/aromatic N) is 2. The van der Waals surface area contributed by atoms with Crippen molar-refractivity contribution in [1.82, 2.24) is 9.61 Å². The summed E-state index contributed by atoms with van der Waals surface area (Å²) in [6.45, 7) is 2.11. The molecule has 0 radical (unpaired) electrons. The molecule has 2 nitrogen and oxygen atoms in total. The van der Waals surface area contributed by atoms with Crippen LogP contribution in [0.1, 0.15) is 5.56 Å². The van der Waals surface area contributed by atoms with Crippen molar-refractivity contribution >= 4 is 28.1 Å². The van der Waals surface area contributed by atoms with Gasteiger partial charge in [0.25, 0.3) is 0 Å². The Morgan fingerprint density at radius 1 is 1.45 bits per heavy atom. The molecule has 2 rings (SSSR count). The Morgan fingerprint density at radius 2 is 2.27 bits per heavy atom. The average molecular weight is 258 g/mol. The van der Waals surface area contributed by atoms with E-state index in [0.29, 0.717) is 0 Å². The molecule has 2 heterocycles. The lowest BCUT2D eigenvalue weighted by Crippen LogP contribution is -1.90. The van der Waals surface area contributed by atoms with Gasteiger partial charge in [-0.1, -0.05) is 0 Å². The van der Waals surface area contributed by atoms with Crippen LogP contribution in [-0.4, -0.2) is 9.61 Å². The molecule has 0 aromatic carbocycles. The second-order valence-corrected chi connectivity index (χ2v) is 3.61. The standard InChI is InChI=1S/C8H7IN2/c1-6-7(9)3-5-11-8(6)2-4-10-11/h2-5H,1H3. The average Bonchev–Trinajstić information content (AvgIpc) is 2.45. The van der Waals surface area contributed by atoms with Gasteiger partial charge in [-0.3, -0.25) is 0 Å². The first-order chi connectivity index (χ1) is 5.29. The van der Waals surface area contributed by atoms with Gasteiger partial charge in [0.1, 0.15) is 0 Å². The molecule has 2 aromatic heterocycles. The van der Waals surface area contributed by atoms with E-state index in [1.807, 2.05) is 23.0 Å². The molecule has 0 fully saturated rings. The van der Waals surface area contributed by atoms with E-state index in [2.05, 4.69) is 40.7 Å². The maximum Gasteiger partial charge on any atom is 0.0701 e. The van der Waals surface area contributed by atoms with E-state index in [1.165, 1.54) is 14.7 Å². The first-order valence-electron chi connectivity index (χ1n) is 3.37. The number of aromatic nitrogens is 2. The number of rotatable bonds is 0. The summed E-state index contributed by atoms with van der Waals surface area (Å²) in [5.74, 6) is 0. The summed E-state index contributed by atoms with van der Waals surface area (Å²) in [4.78, 5) is 0. The fourth-order valence-electron chi connectivity index (χ4n) is 1.11. The van der Waals surface area contributed by atoms with Gasteiger partial charge in [-0.2, -0.15) is 5.10 Å². The highest BCUT2D eigenvalue weighted by Crippen LogP contribution is 2.15. The molecular weight excluding hydrogens is 251 g/mol. The van der Waals surface area contributed by atoms with Gasteiger partial charge in [-0.05, 0) is 47.2 Å². The second-order valence-electron chi connectivity index (χ2n) is 2.45. The number of hydrogen-bond acceptors (Lipinski definition) is 1. The lowest BCUT2D eigenvalue weighted by Gasteiger charge is -1.99. The van der Waals surface area contributed by atoms with Crippen molar-refractivity contribution in [1.29, 1.82) is 0 Å². The predicted molar refractivity (Wildman–Crippen MR) is 52.6 cm³/mol. The molecule has 2 aromatic rings. The minimum Gasteiger partial charge on any atom is -0.241 e. The largest absolute Gasteiger partial charge is 0.241 e. The van der Waals surface area contributed by atoms with Crippen molar-refractivity contribution in [2.75, 3.05) is 0 Å². The van der Waals surface area contributed by atoms with Crippen molar-refractivity contribution in [3.05, 3.63) is 33.7 Å². The molecule has 0 spiro atoms. The van der Waals surface area contributed by atoms with Gasteiger partial charge in [0.05, 0.1) is 5.52 Å². The SMILES string of the molecule is Cc1c(I)ccn2nccc12. The summed E-state index contributed by atoms with van der Waals surface area (Å²) >= 11 is 2.33. The molecular formula is C8H7IN2. The third-order valence-corrected chi connectivity index (χ3v) is 2.94. The zero-order valence-corrected chi connectivity index (χ0v) is 8.24. The third kappa shape index (κ3) is 1.03. The fourth-order valence-corrected chi connectivity index (χ4v) is 1.55. The Hall–Kier alpha value is -0.580. The van der Waals surface area contributed by atoms with Crippen LogP contribution in [0.2, 0.25) is 0 Å². The van der Waals surface area contributed by atoms with Crippen LogP contribution in [-0.2, 0) is 0 Å². The van der Waals surface area contributed by atoms with Crippen molar-refractivity contribution in [3.8, 4) is 0 Å². The van der Waals surface area contributed by atoms with Gasteiger partial charge < -0.3 is 0 Å². The minimum atomic E-state index is 1.19. The third-order valence-electron chi connectivity index (χ3n) is 1.77. The van der Waals surface area contributed by atoms with Crippen LogP contribution >= 0.6 is 22.6 Å². The van der Waals surface area contributed by atoms with E-state index in [4.69, 9.17) is 0 Å². The Bertz CT molecular complexity index is 392. The summed E-state index contributed by atoms with van der Waals surface area (Å²) in [5.41, 5.74) is 2.49. The van der Waals surface area contributed by atoms with E-state index < -0.39 is 0 Å². The summed E-state index contributed by atoms with van der Waals surface area (Å²) < 4.78 is 3.17. The zero-order valence-electron chi connectivity index (χ0n) is 6.08. The predicted octanol–water partition coefficient (Wildman–Crippen LogP) is 2.25. The normalized spacial score (nSPS) is 10.7. The summed E-state index contributed by atoms with van der Waals surface area (Å²) in [6.07, 6.45) is 3.79. The molecule has 0 aliphatic rings. The number of hydrogen-bond donors (Lipinski definition) is 0. The molecule has 0 saturated carbocycles. The van der Waals surface area contributed by atoms with Crippen molar-refractivity contribution in [2.45, 2.75) is 6.92 Å². The van der Waals surface area contributed by atoms with Gasteiger partial charge >= 0.3 is 0 Å². The highest BCUT2D eigenvalue weighted by atomic mass is 127. The lowest BCUT2D eigenvalue weighted by molar-refractivity contribution is 0.953. The van der Waals surface area contributed by atoms with E-state index in [-0.39, 0.29) is 0 Å². The molecule has 0 aliphatic heterocycles. The molecule has 0 amide bonds. The van der Waals surface area contributed by atoms with E-state index in [0.717, 1.165) is 0 Å². The van der Waals surface area contributed by atoms with Crippen LogP contribution in [0.4, 0.5) is 0 Å². The first kappa shape index (κ1) is 7.09. The highest BCUT2D eigenvalue weighted by Gasteiger charge is 1.99. The molecule has 11 heavy (non-hydrogen) atoms. The van der Waals surface area contributed by atoms with Gasteiger partial charge in [-0.25, -0.2) is 4.52 Å². The van der Waals surface area contributed by atoms with Crippen molar-refractivity contribution < 1.29 is 0 Å². The van der Waals surface area contributed by atoms with E-state index >= 15 is 0 Å².